The zero-order chi connectivity index (χ0) is 16.1. The van der Waals surface area contributed by atoms with E-state index in [0.29, 0.717) is 19.5 Å². The normalized spacial score (nSPS) is 14.8. The van der Waals surface area contributed by atoms with Gasteiger partial charge in [0, 0.05) is 45.0 Å². The second-order valence-electron chi connectivity index (χ2n) is 5.60. The van der Waals surface area contributed by atoms with Gasteiger partial charge in [-0.1, -0.05) is 0 Å². The minimum Gasteiger partial charge on any atom is -0.506 e. The zero-order valence-corrected chi connectivity index (χ0v) is 12.9. The lowest BCUT2D eigenvalue weighted by Crippen LogP contribution is -2.49. The molecule has 1 aliphatic heterocycles. The standard InChI is InChI=1S/C17H20N4O2/c22-15-2-3-16(19-13-15)20-9-11-21(12-10-20)17(23)4-1-14-5-7-18-8-6-14/h2-3,5-8,13,22H,1,4,9-12H2. The van der Waals surface area contributed by atoms with Crippen LogP contribution in [0.2, 0.25) is 0 Å². The molecule has 2 aromatic rings. The fraction of sp³-hybridized carbons (Fsp3) is 0.353. The van der Waals surface area contributed by atoms with Crippen LogP contribution in [0, 0.1) is 0 Å². The summed E-state index contributed by atoms with van der Waals surface area (Å²) in [5, 5.41) is 9.29. The molecule has 0 aliphatic carbocycles. The molecule has 0 atom stereocenters. The highest BCUT2D eigenvalue weighted by Gasteiger charge is 2.21. The molecule has 1 aliphatic rings. The van der Waals surface area contributed by atoms with Gasteiger partial charge in [0.1, 0.15) is 11.6 Å². The number of nitrogens with zero attached hydrogens (tertiary/aromatic N) is 4. The van der Waals surface area contributed by atoms with Crippen LogP contribution in [0.15, 0.2) is 42.9 Å². The van der Waals surface area contributed by atoms with Gasteiger partial charge in [0.25, 0.3) is 0 Å². The molecule has 2 aromatic heterocycles. The number of carbonyl (C=O) groups is 1. The molecule has 120 valence electrons. The summed E-state index contributed by atoms with van der Waals surface area (Å²) in [5.74, 6) is 1.20. The SMILES string of the molecule is O=C(CCc1ccncc1)N1CCN(c2ccc(O)cn2)CC1. The highest BCUT2D eigenvalue weighted by molar-refractivity contribution is 5.76. The number of aryl methyl sites for hydroxylation is 1. The van der Waals surface area contributed by atoms with Gasteiger partial charge in [-0.2, -0.15) is 0 Å². The van der Waals surface area contributed by atoms with Crippen molar-refractivity contribution in [2.75, 3.05) is 31.1 Å². The molecule has 0 aromatic carbocycles. The maximum Gasteiger partial charge on any atom is 0.223 e. The Morgan fingerprint density at radius 1 is 1.09 bits per heavy atom. The second-order valence-corrected chi connectivity index (χ2v) is 5.60. The molecule has 1 fully saturated rings. The molecule has 0 spiro atoms. The summed E-state index contributed by atoms with van der Waals surface area (Å²) in [6.45, 7) is 2.94. The first-order valence-corrected chi connectivity index (χ1v) is 7.79. The van der Waals surface area contributed by atoms with Crippen LogP contribution in [-0.2, 0) is 11.2 Å². The Kier molecular flexibility index (Phi) is 4.71. The number of carbonyl (C=O) groups excluding carboxylic acids is 1. The van der Waals surface area contributed by atoms with Crippen molar-refractivity contribution in [2.45, 2.75) is 12.8 Å². The van der Waals surface area contributed by atoms with Gasteiger partial charge in [-0.25, -0.2) is 4.98 Å². The van der Waals surface area contributed by atoms with Gasteiger partial charge in [0.2, 0.25) is 5.91 Å². The van der Waals surface area contributed by atoms with E-state index in [-0.39, 0.29) is 11.7 Å². The molecular weight excluding hydrogens is 292 g/mol. The van der Waals surface area contributed by atoms with Crippen LogP contribution in [0.5, 0.6) is 5.75 Å². The van der Waals surface area contributed by atoms with Crippen LogP contribution in [0.4, 0.5) is 5.82 Å². The number of amides is 1. The molecule has 0 radical (unpaired) electrons. The van der Waals surface area contributed by atoms with E-state index in [0.717, 1.165) is 30.9 Å². The lowest BCUT2D eigenvalue weighted by atomic mass is 10.1. The first-order valence-electron chi connectivity index (χ1n) is 7.79. The van der Waals surface area contributed by atoms with Crippen molar-refractivity contribution in [3.63, 3.8) is 0 Å². The third-order valence-corrected chi connectivity index (χ3v) is 4.07. The number of aromatic nitrogens is 2. The molecule has 0 saturated carbocycles. The van der Waals surface area contributed by atoms with Crippen molar-refractivity contribution in [3.05, 3.63) is 48.4 Å². The summed E-state index contributed by atoms with van der Waals surface area (Å²) in [6.07, 6.45) is 6.23. The third-order valence-electron chi connectivity index (χ3n) is 4.07. The fourth-order valence-electron chi connectivity index (χ4n) is 2.71. The lowest BCUT2D eigenvalue weighted by molar-refractivity contribution is -0.131. The summed E-state index contributed by atoms with van der Waals surface area (Å²) in [6, 6.07) is 7.33. The third kappa shape index (κ3) is 3.97. The molecule has 1 saturated heterocycles. The monoisotopic (exact) mass is 312 g/mol. The zero-order valence-electron chi connectivity index (χ0n) is 12.9. The number of aromatic hydroxyl groups is 1. The quantitative estimate of drug-likeness (QED) is 0.925. The maximum atomic E-state index is 12.3. The van der Waals surface area contributed by atoms with Crippen molar-refractivity contribution >= 4 is 11.7 Å². The smallest absolute Gasteiger partial charge is 0.223 e. The minimum atomic E-state index is 0.165. The van der Waals surface area contributed by atoms with Gasteiger partial charge in [-0.05, 0) is 36.2 Å². The Morgan fingerprint density at radius 2 is 1.83 bits per heavy atom. The van der Waals surface area contributed by atoms with E-state index in [1.807, 2.05) is 17.0 Å². The number of anilines is 1. The van der Waals surface area contributed by atoms with Crippen LogP contribution >= 0.6 is 0 Å². The van der Waals surface area contributed by atoms with Crippen molar-refractivity contribution < 1.29 is 9.90 Å². The van der Waals surface area contributed by atoms with Gasteiger partial charge in [-0.15, -0.1) is 0 Å². The average molecular weight is 312 g/mol. The fourth-order valence-corrected chi connectivity index (χ4v) is 2.71. The Balaban J connectivity index is 1.48. The molecule has 6 heteroatoms. The van der Waals surface area contributed by atoms with Crippen molar-refractivity contribution in [1.29, 1.82) is 0 Å². The van der Waals surface area contributed by atoms with Crippen molar-refractivity contribution in [3.8, 4) is 5.75 Å². The van der Waals surface area contributed by atoms with Crippen LogP contribution in [0.25, 0.3) is 0 Å². The Hall–Kier alpha value is -2.63. The predicted octanol–water partition coefficient (Wildman–Crippen LogP) is 1.46. The van der Waals surface area contributed by atoms with Crippen LogP contribution in [0.3, 0.4) is 0 Å². The number of hydrogen-bond acceptors (Lipinski definition) is 5. The first-order chi connectivity index (χ1) is 11.2. The van der Waals surface area contributed by atoms with Crippen LogP contribution < -0.4 is 4.90 Å². The summed E-state index contributed by atoms with van der Waals surface area (Å²) >= 11 is 0. The van der Waals surface area contributed by atoms with Crippen molar-refractivity contribution in [1.82, 2.24) is 14.9 Å². The van der Waals surface area contributed by atoms with Gasteiger partial charge >= 0.3 is 0 Å². The van der Waals surface area contributed by atoms with Gasteiger partial charge in [-0.3, -0.25) is 9.78 Å². The predicted molar refractivity (Wildman–Crippen MR) is 87.3 cm³/mol. The van der Waals surface area contributed by atoms with Crippen molar-refractivity contribution in [2.24, 2.45) is 0 Å². The number of rotatable bonds is 4. The van der Waals surface area contributed by atoms with Gasteiger partial charge in [0.05, 0.1) is 6.20 Å². The van der Waals surface area contributed by atoms with Gasteiger partial charge in [0.15, 0.2) is 0 Å². The minimum absolute atomic E-state index is 0.165. The first kappa shape index (κ1) is 15.3. The number of hydrogen-bond donors (Lipinski definition) is 1. The summed E-state index contributed by atoms with van der Waals surface area (Å²) in [7, 11) is 0. The highest BCUT2D eigenvalue weighted by atomic mass is 16.3. The summed E-state index contributed by atoms with van der Waals surface area (Å²) < 4.78 is 0. The Morgan fingerprint density at radius 3 is 2.48 bits per heavy atom. The molecule has 6 nitrogen and oxygen atoms in total. The van der Waals surface area contributed by atoms with E-state index in [4.69, 9.17) is 0 Å². The van der Waals surface area contributed by atoms with E-state index in [1.165, 1.54) is 6.20 Å². The van der Waals surface area contributed by atoms with Crippen LogP contribution in [-0.4, -0.2) is 52.1 Å². The van der Waals surface area contributed by atoms with Crippen LogP contribution in [0.1, 0.15) is 12.0 Å². The van der Waals surface area contributed by atoms with E-state index in [1.54, 1.807) is 24.5 Å². The molecular formula is C17H20N4O2. The maximum absolute atomic E-state index is 12.3. The Labute approximate surface area is 135 Å². The van der Waals surface area contributed by atoms with E-state index in [2.05, 4.69) is 14.9 Å². The molecule has 23 heavy (non-hydrogen) atoms. The molecule has 1 amide bonds. The van der Waals surface area contributed by atoms with Gasteiger partial charge < -0.3 is 14.9 Å². The van der Waals surface area contributed by atoms with E-state index in [9.17, 15) is 9.90 Å². The molecule has 3 rings (SSSR count). The van der Waals surface area contributed by atoms with E-state index < -0.39 is 0 Å². The second kappa shape index (κ2) is 7.09. The lowest BCUT2D eigenvalue weighted by Gasteiger charge is -2.35. The Bertz CT molecular complexity index is 637. The van der Waals surface area contributed by atoms with E-state index >= 15 is 0 Å². The molecule has 3 heterocycles. The summed E-state index contributed by atoms with van der Waals surface area (Å²) in [4.78, 5) is 24.5. The summed E-state index contributed by atoms with van der Waals surface area (Å²) in [5.41, 5.74) is 1.14. The molecule has 1 N–H and O–H groups in total. The average Bonchev–Trinajstić information content (AvgIpc) is 2.61. The topological polar surface area (TPSA) is 69.6 Å². The highest BCUT2D eigenvalue weighted by Crippen LogP contribution is 2.17. The molecule has 0 bridgehead atoms. The largest absolute Gasteiger partial charge is 0.506 e. The number of piperazine rings is 1. The molecule has 0 unspecified atom stereocenters. The number of pyridine rings is 2.